The van der Waals surface area contributed by atoms with Gasteiger partial charge in [-0.15, -0.1) is 10.2 Å². The molecule has 0 heterocycles. The van der Waals surface area contributed by atoms with Crippen LogP contribution in [0.3, 0.4) is 0 Å². The Labute approximate surface area is 279 Å². The van der Waals surface area contributed by atoms with Crippen molar-refractivity contribution in [1.29, 1.82) is 0 Å². The highest BCUT2D eigenvalue weighted by Crippen LogP contribution is 2.16. The highest BCUT2D eigenvalue weighted by atomic mass is 16.6. The third-order valence-corrected chi connectivity index (χ3v) is 5.89. The quantitative estimate of drug-likeness (QED) is 0.0520. The van der Waals surface area contributed by atoms with Crippen molar-refractivity contribution in [2.75, 3.05) is 53.5 Å². The first kappa shape index (κ1) is 38.4. The van der Waals surface area contributed by atoms with Crippen molar-refractivity contribution in [1.82, 2.24) is 20.7 Å². The predicted octanol–water partition coefficient (Wildman–Crippen LogP) is 4.94. The first-order valence-corrected chi connectivity index (χ1v) is 14.8. The van der Waals surface area contributed by atoms with E-state index in [1.165, 1.54) is 0 Å². The van der Waals surface area contributed by atoms with E-state index in [2.05, 4.69) is 44.5 Å². The second kappa shape index (κ2) is 21.1. The van der Waals surface area contributed by atoms with Gasteiger partial charge < -0.3 is 29.6 Å². The van der Waals surface area contributed by atoms with Crippen LogP contribution < -0.4 is 10.6 Å². The van der Waals surface area contributed by atoms with E-state index >= 15 is 0 Å². The summed E-state index contributed by atoms with van der Waals surface area (Å²) >= 11 is 0. The lowest BCUT2D eigenvalue weighted by atomic mass is 10.2. The van der Waals surface area contributed by atoms with Crippen molar-refractivity contribution in [3.63, 3.8) is 0 Å². The zero-order valence-corrected chi connectivity index (χ0v) is 27.6. The molecule has 0 aliphatic heterocycles. The summed E-state index contributed by atoms with van der Waals surface area (Å²) in [6.07, 6.45) is -1.25. The van der Waals surface area contributed by atoms with Crippen LogP contribution in [-0.4, -0.2) is 87.6 Å². The molecule has 0 unspecified atom stereocenters. The molecule has 0 spiro atoms. The van der Waals surface area contributed by atoms with E-state index < -0.39 is 24.1 Å². The van der Waals surface area contributed by atoms with Crippen molar-refractivity contribution in [2.45, 2.75) is 27.1 Å². The van der Waals surface area contributed by atoms with E-state index in [1.54, 1.807) is 86.5 Å². The predicted molar refractivity (Wildman–Crippen MR) is 175 cm³/mol. The average molecular weight is 667 g/mol. The van der Waals surface area contributed by atoms with E-state index in [-0.39, 0.29) is 50.7 Å². The number of carbonyl (C=O) groups is 4. The van der Waals surface area contributed by atoms with Gasteiger partial charge in [-0.3, -0.25) is 10.0 Å². The smallest absolute Gasteiger partial charge is 0.407 e. The minimum absolute atomic E-state index is 0.0216. The summed E-state index contributed by atoms with van der Waals surface area (Å²) in [5.74, 6) is -1.03. The van der Waals surface area contributed by atoms with Crippen LogP contribution >= 0.6 is 0 Å². The molecular formula is C32H42N8O8. The average Bonchev–Trinajstić information content (AvgIpc) is 3.07. The van der Waals surface area contributed by atoms with E-state index in [1.807, 2.05) is 0 Å². The van der Waals surface area contributed by atoms with Crippen molar-refractivity contribution in [3.05, 3.63) is 84.0 Å². The van der Waals surface area contributed by atoms with Crippen LogP contribution in [0.5, 0.6) is 0 Å². The van der Waals surface area contributed by atoms with Crippen LogP contribution in [0, 0.1) is 0 Å². The summed E-state index contributed by atoms with van der Waals surface area (Å²) in [6.45, 7) is 11.5. The molecule has 0 saturated carbocycles. The number of amides is 2. The molecule has 16 heteroatoms. The van der Waals surface area contributed by atoms with Gasteiger partial charge in [0.05, 0.1) is 37.6 Å². The largest absolute Gasteiger partial charge is 0.460 e. The van der Waals surface area contributed by atoms with Crippen LogP contribution in [0.4, 0.5) is 21.0 Å². The Morgan fingerprint density at radius 2 is 0.979 bits per heavy atom. The summed E-state index contributed by atoms with van der Waals surface area (Å²) < 4.78 is 20.1. The Balaban J connectivity index is 1.63. The third-order valence-electron chi connectivity index (χ3n) is 5.89. The lowest BCUT2D eigenvalue weighted by Gasteiger charge is -2.15. The van der Waals surface area contributed by atoms with E-state index in [9.17, 15) is 19.2 Å². The Morgan fingerprint density at radius 1 is 0.625 bits per heavy atom. The summed E-state index contributed by atoms with van der Waals surface area (Å²) in [7, 11) is 3.57. The lowest BCUT2D eigenvalue weighted by molar-refractivity contribution is -0.139. The fourth-order valence-electron chi connectivity index (χ4n) is 3.19. The van der Waals surface area contributed by atoms with Gasteiger partial charge in [0.15, 0.2) is 0 Å². The monoisotopic (exact) mass is 666 g/mol. The number of rotatable bonds is 19. The molecule has 16 nitrogen and oxygen atoms in total. The molecule has 0 radical (unpaired) electrons. The summed E-state index contributed by atoms with van der Waals surface area (Å²) in [5, 5.41) is 25.1. The second-order valence-corrected chi connectivity index (χ2v) is 10.3. The molecule has 0 atom stereocenters. The fourth-order valence-corrected chi connectivity index (χ4v) is 3.19. The minimum atomic E-state index is -0.627. The molecule has 258 valence electrons. The normalized spacial score (nSPS) is 10.7. The molecule has 0 saturated heterocycles. The van der Waals surface area contributed by atoms with Gasteiger partial charge in [-0.2, -0.15) is 0 Å². The van der Waals surface area contributed by atoms with Crippen LogP contribution in [0.25, 0.3) is 0 Å². The number of likely N-dealkylation sites (N-methyl/N-ethyl adjacent to an activating group) is 2. The summed E-state index contributed by atoms with van der Waals surface area (Å²) in [4.78, 5) is 46.2. The Hall–Kier alpha value is -5.80. The number of hydrogen-bond acceptors (Lipinski definition) is 12. The lowest BCUT2D eigenvalue weighted by Crippen LogP contribution is -2.28. The fraction of sp³-hybridized carbons (Fsp3) is 0.375. The Kier molecular flexibility index (Phi) is 16.9. The number of hydrogen-bond donors (Lipinski definition) is 2. The summed E-state index contributed by atoms with van der Waals surface area (Å²) in [5.41, 5.74) is 3.35. The molecule has 0 aliphatic rings. The molecule has 2 amide bonds. The van der Waals surface area contributed by atoms with Crippen LogP contribution in [0.1, 0.15) is 25.0 Å². The van der Waals surface area contributed by atoms with Gasteiger partial charge in [0, 0.05) is 25.2 Å². The standard InChI is InChI=1S/C32H42N8O8/c1-23(2)29(41)45-19-15-33-31(43)47-21-25-7-11-27(12-8-25)35-37-39(5)17-18-40(6)38-36-28-13-9-26(10-14-28)22-48-32(44)34-16-20-46-30(42)24(3)4/h7-14H,1,3,15-22H2,2,4-6H3,(H,33,43)(H,34,44)/b37-35+,38-36+. The maximum absolute atomic E-state index is 11.8. The van der Waals surface area contributed by atoms with Gasteiger partial charge in [-0.1, -0.05) is 47.9 Å². The number of nitrogens with one attached hydrogen (secondary N) is 2. The number of nitrogens with zero attached hydrogens (tertiary/aromatic N) is 6. The van der Waals surface area contributed by atoms with E-state index in [4.69, 9.17) is 18.9 Å². The van der Waals surface area contributed by atoms with Crippen molar-refractivity contribution in [3.8, 4) is 0 Å². The molecule has 0 aliphatic carbocycles. The molecule has 48 heavy (non-hydrogen) atoms. The Bertz CT molecular complexity index is 1340. The molecule has 2 rings (SSSR count). The van der Waals surface area contributed by atoms with Crippen molar-refractivity contribution in [2.24, 2.45) is 20.7 Å². The van der Waals surface area contributed by atoms with Gasteiger partial charge in [-0.05, 0) is 49.2 Å². The zero-order valence-electron chi connectivity index (χ0n) is 27.6. The minimum Gasteiger partial charge on any atom is -0.460 e. The molecule has 0 fully saturated rings. The first-order chi connectivity index (χ1) is 22.9. The van der Waals surface area contributed by atoms with Gasteiger partial charge in [0.1, 0.15) is 26.4 Å². The maximum atomic E-state index is 11.8. The highest BCUT2D eigenvalue weighted by Gasteiger charge is 2.07. The number of esters is 2. The number of alkyl carbamates (subject to hydrolysis) is 2. The molecule has 2 aromatic carbocycles. The molecule has 0 aromatic heterocycles. The summed E-state index contributed by atoms with van der Waals surface area (Å²) in [6, 6.07) is 14.1. The van der Waals surface area contributed by atoms with Gasteiger partial charge >= 0.3 is 24.1 Å². The molecule has 0 bridgehead atoms. The van der Waals surface area contributed by atoms with Crippen LogP contribution in [-0.2, 0) is 41.8 Å². The zero-order chi connectivity index (χ0) is 35.3. The first-order valence-electron chi connectivity index (χ1n) is 14.8. The number of ether oxygens (including phenoxy) is 4. The van der Waals surface area contributed by atoms with E-state index in [0.29, 0.717) is 24.5 Å². The molecule has 2 aromatic rings. The van der Waals surface area contributed by atoms with Gasteiger partial charge in [-0.25, -0.2) is 19.2 Å². The van der Waals surface area contributed by atoms with Crippen molar-refractivity contribution < 1.29 is 38.1 Å². The molecule has 2 N–H and O–H groups in total. The second-order valence-electron chi connectivity index (χ2n) is 10.3. The SMILES string of the molecule is C=C(C)C(=O)OCCNC(=O)OCc1ccc(/N=N/N(C)CCN(C)/N=N/c2ccc(COC(=O)NCCOC(=O)C(=C)C)cc2)cc1. The van der Waals surface area contributed by atoms with Crippen molar-refractivity contribution >= 4 is 35.5 Å². The van der Waals surface area contributed by atoms with Gasteiger partial charge in [0.2, 0.25) is 0 Å². The number of benzene rings is 2. The number of carbonyl (C=O) groups excluding carboxylic acids is 4. The highest BCUT2D eigenvalue weighted by molar-refractivity contribution is 5.87. The Morgan fingerprint density at radius 3 is 1.31 bits per heavy atom. The maximum Gasteiger partial charge on any atom is 0.407 e. The van der Waals surface area contributed by atoms with Crippen LogP contribution in [0.2, 0.25) is 0 Å². The molecular weight excluding hydrogens is 624 g/mol. The van der Waals surface area contributed by atoms with Gasteiger partial charge in [0.25, 0.3) is 0 Å². The van der Waals surface area contributed by atoms with E-state index in [0.717, 1.165) is 11.1 Å². The third kappa shape index (κ3) is 16.5. The topological polar surface area (TPSA) is 185 Å². The van der Waals surface area contributed by atoms with Crippen LogP contribution in [0.15, 0.2) is 93.5 Å².